The van der Waals surface area contributed by atoms with Crippen LogP contribution in [0.2, 0.25) is 0 Å². The Hall–Kier alpha value is -1.10. The van der Waals surface area contributed by atoms with Gasteiger partial charge in [-0.2, -0.15) is 0 Å². The third-order valence-electron chi connectivity index (χ3n) is 4.09. The number of β-amino-alcohol motifs (C(OH)–C–C–N with tert-alkyl or cyclic N) is 1. The fraction of sp³-hybridized carbons (Fsp3) is 0.600. The molecule has 3 unspecified atom stereocenters. The molecule has 106 valence electrons. The highest BCUT2D eigenvalue weighted by Gasteiger charge is 2.36. The fourth-order valence-corrected chi connectivity index (χ4v) is 2.34. The summed E-state index contributed by atoms with van der Waals surface area (Å²) >= 11 is 0. The fourth-order valence-electron chi connectivity index (χ4n) is 2.34. The van der Waals surface area contributed by atoms with Crippen molar-refractivity contribution in [2.45, 2.75) is 38.0 Å². The first-order valence-electron chi connectivity index (χ1n) is 6.74. The number of aliphatic hydroxyl groups excluding tert-OH is 1. The van der Waals surface area contributed by atoms with Crippen LogP contribution in [0.1, 0.15) is 31.9 Å². The van der Waals surface area contributed by atoms with Gasteiger partial charge in [-0.15, -0.1) is 0 Å². The first kappa shape index (κ1) is 14.3. The van der Waals surface area contributed by atoms with E-state index in [4.69, 9.17) is 9.47 Å². The highest BCUT2D eigenvalue weighted by atomic mass is 16.5. The van der Waals surface area contributed by atoms with Gasteiger partial charge in [0, 0.05) is 18.7 Å². The Labute approximate surface area is 114 Å². The van der Waals surface area contributed by atoms with Gasteiger partial charge < -0.3 is 19.9 Å². The lowest BCUT2D eigenvalue weighted by atomic mass is 9.94. The number of methoxy groups -OCH3 is 1. The Kier molecular flexibility index (Phi) is 4.45. The molecule has 1 aromatic rings. The van der Waals surface area contributed by atoms with Crippen molar-refractivity contribution in [1.82, 2.24) is 5.32 Å². The van der Waals surface area contributed by atoms with E-state index >= 15 is 0 Å². The predicted molar refractivity (Wildman–Crippen MR) is 74.4 cm³/mol. The molecule has 1 saturated heterocycles. The minimum Gasteiger partial charge on any atom is -0.497 e. The number of aliphatic hydroxyl groups is 1. The molecule has 1 aromatic carbocycles. The largest absolute Gasteiger partial charge is 0.497 e. The van der Waals surface area contributed by atoms with Crippen LogP contribution in [0.15, 0.2) is 24.3 Å². The molecule has 0 aromatic heterocycles. The molecule has 4 heteroatoms. The third-order valence-corrected chi connectivity index (χ3v) is 4.09. The lowest BCUT2D eigenvalue weighted by Crippen LogP contribution is -2.49. The van der Waals surface area contributed by atoms with E-state index in [0.717, 1.165) is 24.3 Å². The number of benzene rings is 1. The molecule has 0 radical (unpaired) electrons. The van der Waals surface area contributed by atoms with Gasteiger partial charge in [0.25, 0.3) is 0 Å². The summed E-state index contributed by atoms with van der Waals surface area (Å²) in [5.74, 6) is 0.800. The van der Waals surface area contributed by atoms with Gasteiger partial charge in [-0.05, 0) is 38.0 Å². The lowest BCUT2D eigenvalue weighted by Gasteiger charge is -2.30. The Bertz CT molecular complexity index is 406. The summed E-state index contributed by atoms with van der Waals surface area (Å²) in [6.07, 6.45) is 0.634. The normalized spacial score (nSPS) is 28.3. The van der Waals surface area contributed by atoms with Crippen LogP contribution in [0, 0.1) is 0 Å². The van der Waals surface area contributed by atoms with Crippen LogP contribution in [-0.4, -0.2) is 37.0 Å². The highest BCUT2D eigenvalue weighted by Crippen LogP contribution is 2.26. The number of hydrogen-bond acceptors (Lipinski definition) is 4. The smallest absolute Gasteiger partial charge is 0.118 e. The standard InChI is InChI=1S/C15H23NO3/c1-11-15(2,8-9-19-11)16-10-14(17)12-4-6-13(18-3)7-5-12/h4-7,11,14,16-17H,8-10H2,1-3H3. The molecule has 1 fully saturated rings. The Morgan fingerprint density at radius 2 is 2.16 bits per heavy atom. The van der Waals surface area contributed by atoms with Crippen LogP contribution in [0.4, 0.5) is 0 Å². The molecule has 1 aliphatic rings. The molecule has 0 spiro atoms. The Morgan fingerprint density at radius 3 is 2.68 bits per heavy atom. The van der Waals surface area contributed by atoms with E-state index in [1.165, 1.54) is 0 Å². The van der Waals surface area contributed by atoms with Gasteiger partial charge in [0.1, 0.15) is 5.75 Å². The zero-order chi connectivity index (χ0) is 13.9. The van der Waals surface area contributed by atoms with E-state index in [2.05, 4.69) is 19.2 Å². The van der Waals surface area contributed by atoms with Crippen LogP contribution in [0.3, 0.4) is 0 Å². The second kappa shape index (κ2) is 5.90. The first-order chi connectivity index (χ1) is 9.05. The van der Waals surface area contributed by atoms with Crippen LogP contribution in [-0.2, 0) is 4.74 Å². The van der Waals surface area contributed by atoms with Crippen molar-refractivity contribution >= 4 is 0 Å². The maximum Gasteiger partial charge on any atom is 0.118 e. The van der Waals surface area contributed by atoms with Gasteiger partial charge in [-0.1, -0.05) is 12.1 Å². The minimum atomic E-state index is -0.518. The number of ether oxygens (including phenoxy) is 2. The zero-order valence-corrected chi connectivity index (χ0v) is 11.8. The van der Waals surface area contributed by atoms with Gasteiger partial charge >= 0.3 is 0 Å². The molecule has 4 nitrogen and oxygen atoms in total. The highest BCUT2D eigenvalue weighted by molar-refractivity contribution is 5.28. The molecule has 1 aliphatic heterocycles. The van der Waals surface area contributed by atoms with Crippen LogP contribution in [0.25, 0.3) is 0 Å². The number of hydrogen-bond donors (Lipinski definition) is 2. The van der Waals surface area contributed by atoms with Crippen molar-refractivity contribution in [1.29, 1.82) is 0 Å². The van der Waals surface area contributed by atoms with Gasteiger partial charge in [0.05, 0.1) is 19.3 Å². The molecule has 19 heavy (non-hydrogen) atoms. The topological polar surface area (TPSA) is 50.7 Å². The average molecular weight is 265 g/mol. The van der Waals surface area contributed by atoms with Crippen molar-refractivity contribution in [2.24, 2.45) is 0 Å². The van der Waals surface area contributed by atoms with Crippen LogP contribution < -0.4 is 10.1 Å². The number of nitrogens with one attached hydrogen (secondary N) is 1. The summed E-state index contributed by atoms with van der Waals surface area (Å²) in [7, 11) is 1.63. The Morgan fingerprint density at radius 1 is 1.47 bits per heavy atom. The van der Waals surface area contributed by atoms with E-state index in [1.807, 2.05) is 24.3 Å². The van der Waals surface area contributed by atoms with Crippen molar-refractivity contribution in [3.05, 3.63) is 29.8 Å². The van der Waals surface area contributed by atoms with E-state index in [-0.39, 0.29) is 11.6 Å². The van der Waals surface area contributed by atoms with Crippen LogP contribution >= 0.6 is 0 Å². The molecule has 2 N–H and O–H groups in total. The van der Waals surface area contributed by atoms with E-state index in [0.29, 0.717) is 6.54 Å². The summed E-state index contributed by atoms with van der Waals surface area (Å²) in [5.41, 5.74) is 0.844. The maximum atomic E-state index is 10.2. The predicted octanol–water partition coefficient (Wildman–Crippen LogP) is 1.89. The minimum absolute atomic E-state index is 0.0482. The van der Waals surface area contributed by atoms with Crippen molar-refractivity contribution < 1.29 is 14.6 Å². The molecule has 2 rings (SSSR count). The Balaban J connectivity index is 1.91. The second-order valence-corrected chi connectivity index (χ2v) is 5.35. The molecule has 0 amide bonds. The van der Waals surface area contributed by atoms with Crippen molar-refractivity contribution in [3.8, 4) is 5.75 Å². The first-order valence-corrected chi connectivity index (χ1v) is 6.74. The van der Waals surface area contributed by atoms with Gasteiger partial charge in [-0.25, -0.2) is 0 Å². The van der Waals surface area contributed by atoms with E-state index in [1.54, 1.807) is 7.11 Å². The molecular weight excluding hydrogens is 242 g/mol. The average Bonchev–Trinajstić information content (AvgIpc) is 2.77. The number of rotatable bonds is 5. The van der Waals surface area contributed by atoms with Gasteiger partial charge in [0.2, 0.25) is 0 Å². The molecule has 0 saturated carbocycles. The summed E-state index contributed by atoms with van der Waals surface area (Å²) in [6.45, 7) is 5.52. The second-order valence-electron chi connectivity index (χ2n) is 5.35. The maximum absolute atomic E-state index is 10.2. The zero-order valence-electron chi connectivity index (χ0n) is 11.8. The summed E-state index contributed by atoms with van der Waals surface area (Å²) in [4.78, 5) is 0. The summed E-state index contributed by atoms with van der Waals surface area (Å²) < 4.78 is 10.7. The van der Waals surface area contributed by atoms with Gasteiger partial charge in [-0.3, -0.25) is 0 Å². The lowest BCUT2D eigenvalue weighted by molar-refractivity contribution is 0.0800. The third kappa shape index (κ3) is 3.26. The molecule has 0 bridgehead atoms. The van der Waals surface area contributed by atoms with E-state index in [9.17, 15) is 5.11 Å². The molecule has 3 atom stereocenters. The summed E-state index contributed by atoms with van der Waals surface area (Å²) in [5, 5.41) is 13.6. The van der Waals surface area contributed by atoms with Gasteiger partial charge in [0.15, 0.2) is 0 Å². The quantitative estimate of drug-likeness (QED) is 0.853. The summed E-state index contributed by atoms with van der Waals surface area (Å²) in [6, 6.07) is 7.51. The molecule has 0 aliphatic carbocycles. The molecule has 1 heterocycles. The van der Waals surface area contributed by atoms with Crippen molar-refractivity contribution in [3.63, 3.8) is 0 Å². The van der Waals surface area contributed by atoms with Crippen LogP contribution in [0.5, 0.6) is 5.75 Å². The SMILES string of the molecule is COc1ccc(C(O)CNC2(C)CCOC2C)cc1. The monoisotopic (exact) mass is 265 g/mol. The van der Waals surface area contributed by atoms with Crippen molar-refractivity contribution in [2.75, 3.05) is 20.3 Å². The van der Waals surface area contributed by atoms with E-state index < -0.39 is 6.10 Å². The molecular formula is C15H23NO3.